The first-order chi connectivity index (χ1) is 9.10. The average molecular weight is 275 g/mol. The molecule has 4 heteroatoms. The molecule has 0 aliphatic carbocycles. The smallest absolute Gasteiger partial charge is 0.141 e. The summed E-state index contributed by atoms with van der Waals surface area (Å²) in [5.74, 6) is -0.417. The van der Waals surface area contributed by atoms with Gasteiger partial charge in [-0.05, 0) is 48.4 Å². The zero-order valence-electron chi connectivity index (χ0n) is 10.4. The van der Waals surface area contributed by atoms with Crippen LogP contribution < -0.4 is 5.32 Å². The summed E-state index contributed by atoms with van der Waals surface area (Å²) in [6.07, 6.45) is 0. The lowest BCUT2D eigenvalue weighted by Gasteiger charge is -2.08. The Balaban J connectivity index is 2.08. The molecule has 0 spiro atoms. The van der Waals surface area contributed by atoms with E-state index in [1.807, 2.05) is 19.1 Å². The molecule has 0 atom stereocenters. The summed E-state index contributed by atoms with van der Waals surface area (Å²) in [5.41, 5.74) is 3.39. The second kappa shape index (κ2) is 5.73. The molecule has 1 N–H and O–H groups in total. The van der Waals surface area contributed by atoms with E-state index in [4.69, 9.17) is 16.9 Å². The number of nitrogens with one attached hydrogen (secondary N) is 1. The third-order valence-corrected chi connectivity index (χ3v) is 3.12. The fourth-order valence-electron chi connectivity index (χ4n) is 1.75. The minimum absolute atomic E-state index is 0.121. The maximum absolute atomic E-state index is 13.0. The van der Waals surface area contributed by atoms with Crippen molar-refractivity contribution in [3.8, 4) is 6.07 Å². The topological polar surface area (TPSA) is 35.8 Å². The lowest BCUT2D eigenvalue weighted by molar-refractivity contribution is 0.627. The van der Waals surface area contributed by atoms with E-state index in [-0.39, 0.29) is 5.02 Å². The third-order valence-electron chi connectivity index (χ3n) is 2.83. The van der Waals surface area contributed by atoms with Crippen molar-refractivity contribution in [1.82, 2.24) is 0 Å². The van der Waals surface area contributed by atoms with Gasteiger partial charge >= 0.3 is 0 Å². The van der Waals surface area contributed by atoms with Crippen molar-refractivity contribution in [3.63, 3.8) is 0 Å². The van der Waals surface area contributed by atoms with Crippen LogP contribution in [0.3, 0.4) is 0 Å². The monoisotopic (exact) mass is 274 g/mol. The Hall–Kier alpha value is -2.05. The number of halogens is 2. The molecule has 2 rings (SSSR count). The molecule has 96 valence electrons. The van der Waals surface area contributed by atoms with Gasteiger partial charge in [-0.2, -0.15) is 5.26 Å². The highest BCUT2D eigenvalue weighted by Gasteiger charge is 2.02. The average Bonchev–Trinajstić information content (AvgIpc) is 2.40. The van der Waals surface area contributed by atoms with Crippen LogP contribution in [-0.2, 0) is 6.54 Å². The van der Waals surface area contributed by atoms with Gasteiger partial charge in [0.05, 0.1) is 16.7 Å². The Morgan fingerprint density at radius 1 is 1.26 bits per heavy atom. The molecule has 19 heavy (non-hydrogen) atoms. The predicted octanol–water partition coefficient (Wildman–Crippen LogP) is 4.27. The van der Waals surface area contributed by atoms with Crippen molar-refractivity contribution in [3.05, 3.63) is 63.9 Å². The lowest BCUT2D eigenvalue weighted by atomic mass is 10.1. The maximum atomic E-state index is 13.0. The van der Waals surface area contributed by atoms with Gasteiger partial charge in [-0.25, -0.2) is 4.39 Å². The van der Waals surface area contributed by atoms with Crippen molar-refractivity contribution in [1.29, 1.82) is 5.26 Å². The van der Waals surface area contributed by atoms with Gasteiger partial charge in [0.1, 0.15) is 5.82 Å². The zero-order valence-corrected chi connectivity index (χ0v) is 11.1. The number of anilines is 1. The molecule has 2 aromatic carbocycles. The molecular weight excluding hydrogens is 263 g/mol. The number of aryl methyl sites for hydroxylation is 1. The predicted molar refractivity (Wildman–Crippen MR) is 74.6 cm³/mol. The van der Waals surface area contributed by atoms with Crippen LogP contribution in [0.1, 0.15) is 16.7 Å². The number of nitrogens with zero attached hydrogens (tertiary/aromatic N) is 1. The van der Waals surface area contributed by atoms with Crippen LogP contribution in [0.25, 0.3) is 0 Å². The van der Waals surface area contributed by atoms with Crippen LogP contribution in [0.5, 0.6) is 0 Å². The van der Waals surface area contributed by atoms with E-state index in [0.29, 0.717) is 12.1 Å². The minimum atomic E-state index is -0.417. The molecule has 0 saturated heterocycles. The van der Waals surface area contributed by atoms with Crippen molar-refractivity contribution in [2.24, 2.45) is 0 Å². The Kier molecular flexibility index (Phi) is 4.03. The number of rotatable bonds is 3. The molecule has 0 fully saturated rings. The van der Waals surface area contributed by atoms with E-state index in [1.54, 1.807) is 18.2 Å². The molecule has 0 aliphatic rings. The molecule has 0 saturated carbocycles. The molecule has 2 aromatic rings. The van der Waals surface area contributed by atoms with Crippen molar-refractivity contribution < 1.29 is 4.39 Å². The fourth-order valence-corrected chi connectivity index (χ4v) is 1.96. The summed E-state index contributed by atoms with van der Waals surface area (Å²) in [6, 6.07) is 12.3. The van der Waals surface area contributed by atoms with E-state index < -0.39 is 5.82 Å². The van der Waals surface area contributed by atoms with Crippen LogP contribution in [-0.4, -0.2) is 0 Å². The molecule has 0 amide bonds. The van der Waals surface area contributed by atoms with Crippen molar-refractivity contribution in [2.45, 2.75) is 13.5 Å². The number of hydrogen-bond acceptors (Lipinski definition) is 2. The van der Waals surface area contributed by atoms with E-state index in [9.17, 15) is 4.39 Å². The number of hydrogen-bond donors (Lipinski definition) is 1. The molecule has 0 radical (unpaired) electrons. The minimum Gasteiger partial charge on any atom is -0.381 e. The summed E-state index contributed by atoms with van der Waals surface area (Å²) >= 11 is 5.72. The molecule has 0 bridgehead atoms. The highest BCUT2D eigenvalue weighted by Crippen LogP contribution is 2.18. The van der Waals surface area contributed by atoms with Crippen LogP contribution in [0.4, 0.5) is 10.1 Å². The maximum Gasteiger partial charge on any atom is 0.141 e. The molecular formula is C15H12ClFN2. The largest absolute Gasteiger partial charge is 0.381 e. The van der Waals surface area contributed by atoms with Crippen molar-refractivity contribution >= 4 is 17.3 Å². The van der Waals surface area contributed by atoms with Gasteiger partial charge in [0, 0.05) is 12.2 Å². The Morgan fingerprint density at radius 2 is 2.05 bits per heavy atom. The highest BCUT2D eigenvalue weighted by molar-refractivity contribution is 6.30. The summed E-state index contributed by atoms with van der Waals surface area (Å²) in [4.78, 5) is 0. The Morgan fingerprint density at radius 3 is 2.68 bits per heavy atom. The summed E-state index contributed by atoms with van der Waals surface area (Å²) < 4.78 is 13.0. The Bertz CT molecular complexity index is 647. The first-order valence-electron chi connectivity index (χ1n) is 5.78. The fraction of sp³-hybridized carbons (Fsp3) is 0.133. The molecule has 0 unspecified atom stereocenters. The third kappa shape index (κ3) is 3.24. The van der Waals surface area contributed by atoms with E-state index >= 15 is 0 Å². The quantitative estimate of drug-likeness (QED) is 0.907. The highest BCUT2D eigenvalue weighted by atomic mass is 35.5. The van der Waals surface area contributed by atoms with Crippen LogP contribution in [0, 0.1) is 24.1 Å². The second-order valence-electron chi connectivity index (χ2n) is 4.24. The molecule has 2 nitrogen and oxygen atoms in total. The van der Waals surface area contributed by atoms with Gasteiger partial charge in [-0.1, -0.05) is 17.7 Å². The van der Waals surface area contributed by atoms with Gasteiger partial charge in [0.25, 0.3) is 0 Å². The molecule has 0 aliphatic heterocycles. The van der Waals surface area contributed by atoms with Gasteiger partial charge in [0.2, 0.25) is 0 Å². The van der Waals surface area contributed by atoms with Crippen LogP contribution >= 0.6 is 11.6 Å². The number of benzene rings is 2. The summed E-state index contributed by atoms with van der Waals surface area (Å²) in [5, 5.41) is 12.2. The molecule has 0 aromatic heterocycles. The Labute approximate surface area is 116 Å². The van der Waals surface area contributed by atoms with E-state index in [1.165, 1.54) is 6.07 Å². The zero-order chi connectivity index (χ0) is 13.8. The van der Waals surface area contributed by atoms with Crippen LogP contribution in [0.15, 0.2) is 36.4 Å². The van der Waals surface area contributed by atoms with Gasteiger partial charge < -0.3 is 5.32 Å². The van der Waals surface area contributed by atoms with Crippen molar-refractivity contribution in [2.75, 3.05) is 5.32 Å². The first kappa shape index (κ1) is 13.4. The van der Waals surface area contributed by atoms with Crippen LogP contribution in [0.2, 0.25) is 5.02 Å². The SMILES string of the molecule is Cc1cc(NCc2ccc(F)c(Cl)c2)ccc1C#N. The van der Waals surface area contributed by atoms with E-state index in [2.05, 4.69) is 11.4 Å². The van der Waals surface area contributed by atoms with Gasteiger partial charge in [0.15, 0.2) is 0 Å². The second-order valence-corrected chi connectivity index (χ2v) is 4.65. The van der Waals surface area contributed by atoms with E-state index in [0.717, 1.165) is 16.8 Å². The van der Waals surface area contributed by atoms with Gasteiger partial charge in [-0.15, -0.1) is 0 Å². The number of nitriles is 1. The van der Waals surface area contributed by atoms with Gasteiger partial charge in [-0.3, -0.25) is 0 Å². The normalized spacial score (nSPS) is 10.0. The summed E-state index contributed by atoms with van der Waals surface area (Å²) in [6.45, 7) is 2.43. The lowest BCUT2D eigenvalue weighted by Crippen LogP contribution is -2.00. The first-order valence-corrected chi connectivity index (χ1v) is 6.16. The standard InChI is InChI=1S/C15H12ClFN2/c1-10-6-13(4-3-12(10)8-18)19-9-11-2-5-15(17)14(16)7-11/h2-7,19H,9H2,1H3. The molecule has 0 heterocycles. The summed E-state index contributed by atoms with van der Waals surface area (Å²) in [7, 11) is 0.